The highest BCUT2D eigenvalue weighted by molar-refractivity contribution is 5.69. The van der Waals surface area contributed by atoms with Gasteiger partial charge < -0.3 is 4.90 Å². The zero-order valence-corrected chi connectivity index (χ0v) is 10.1. The number of fused-ring (bicyclic) bond motifs is 3. The van der Waals surface area contributed by atoms with Crippen LogP contribution in [-0.2, 0) is 0 Å². The van der Waals surface area contributed by atoms with Crippen molar-refractivity contribution < 1.29 is 0 Å². The minimum absolute atomic E-state index is 0.635. The van der Waals surface area contributed by atoms with Gasteiger partial charge in [0.25, 0.3) is 0 Å². The molecule has 0 saturated heterocycles. The van der Waals surface area contributed by atoms with Crippen LogP contribution in [-0.4, -0.2) is 13.6 Å². The van der Waals surface area contributed by atoms with Gasteiger partial charge in [0.1, 0.15) is 0 Å². The molecule has 0 radical (unpaired) electrons. The van der Waals surface area contributed by atoms with Gasteiger partial charge in [0.15, 0.2) is 0 Å². The Hall–Kier alpha value is -1.76. The van der Waals surface area contributed by atoms with Crippen molar-refractivity contribution in [3.63, 3.8) is 0 Å². The molecule has 1 atom stereocenters. The normalized spacial score (nSPS) is 24.2. The number of rotatable bonds is 0. The summed E-state index contributed by atoms with van der Waals surface area (Å²) in [7, 11) is 2.18. The number of anilines is 1. The van der Waals surface area contributed by atoms with Crippen LogP contribution in [0.4, 0.5) is 5.69 Å². The Balaban J connectivity index is 2.06. The lowest BCUT2D eigenvalue weighted by atomic mass is 9.94. The van der Waals surface area contributed by atoms with E-state index in [1.54, 1.807) is 0 Å². The molecule has 0 fully saturated rings. The van der Waals surface area contributed by atoms with Gasteiger partial charge in [-0.2, -0.15) is 0 Å². The van der Waals surface area contributed by atoms with Gasteiger partial charge in [-0.15, -0.1) is 0 Å². The monoisotopic (exact) mass is 223 g/mol. The fourth-order valence-corrected chi connectivity index (χ4v) is 2.65. The summed E-state index contributed by atoms with van der Waals surface area (Å²) < 4.78 is 0. The summed E-state index contributed by atoms with van der Waals surface area (Å²) in [6.07, 6.45) is 12.4. The Morgan fingerprint density at radius 1 is 1.18 bits per heavy atom. The van der Waals surface area contributed by atoms with Crippen LogP contribution in [0.3, 0.4) is 0 Å². The Morgan fingerprint density at radius 3 is 3.00 bits per heavy atom. The summed E-state index contributed by atoms with van der Waals surface area (Å²) in [6.45, 7) is 1.09. The van der Waals surface area contributed by atoms with E-state index in [-0.39, 0.29) is 0 Å². The van der Waals surface area contributed by atoms with Crippen LogP contribution in [0.25, 0.3) is 6.08 Å². The van der Waals surface area contributed by atoms with Crippen LogP contribution in [0.1, 0.15) is 12.0 Å². The first-order valence-electron chi connectivity index (χ1n) is 6.18. The highest BCUT2D eigenvalue weighted by atomic mass is 15.1. The average Bonchev–Trinajstić information content (AvgIpc) is 2.40. The van der Waals surface area contributed by atoms with Gasteiger partial charge in [0.05, 0.1) is 0 Å². The van der Waals surface area contributed by atoms with E-state index >= 15 is 0 Å². The van der Waals surface area contributed by atoms with Crippen molar-refractivity contribution in [1.29, 1.82) is 0 Å². The second kappa shape index (κ2) is 4.25. The molecule has 1 nitrogen and oxygen atoms in total. The second-order valence-corrected chi connectivity index (χ2v) is 4.86. The molecule has 1 aliphatic carbocycles. The summed E-state index contributed by atoms with van der Waals surface area (Å²) >= 11 is 0. The molecule has 0 spiro atoms. The molecule has 0 aromatic heterocycles. The fourth-order valence-electron chi connectivity index (χ4n) is 2.65. The minimum atomic E-state index is 0.635. The van der Waals surface area contributed by atoms with E-state index in [4.69, 9.17) is 0 Å². The van der Waals surface area contributed by atoms with Crippen LogP contribution in [0, 0.1) is 5.92 Å². The molecule has 1 unspecified atom stereocenters. The van der Waals surface area contributed by atoms with Crippen molar-refractivity contribution in [2.75, 3.05) is 18.5 Å². The third-order valence-corrected chi connectivity index (χ3v) is 3.52. The van der Waals surface area contributed by atoms with E-state index in [2.05, 4.69) is 66.6 Å². The highest BCUT2D eigenvalue weighted by Crippen LogP contribution is 2.28. The van der Waals surface area contributed by atoms with E-state index in [9.17, 15) is 0 Å². The van der Waals surface area contributed by atoms with E-state index in [0.717, 1.165) is 13.0 Å². The lowest BCUT2D eigenvalue weighted by Crippen LogP contribution is -2.25. The Kier molecular flexibility index (Phi) is 2.60. The van der Waals surface area contributed by atoms with Crippen molar-refractivity contribution in [3.05, 3.63) is 59.7 Å². The van der Waals surface area contributed by atoms with Crippen molar-refractivity contribution in [3.8, 4) is 0 Å². The van der Waals surface area contributed by atoms with E-state index in [1.807, 2.05) is 0 Å². The van der Waals surface area contributed by atoms with Crippen LogP contribution >= 0.6 is 0 Å². The molecule has 1 aromatic carbocycles. The van der Waals surface area contributed by atoms with Gasteiger partial charge in [-0.05, 0) is 29.5 Å². The van der Waals surface area contributed by atoms with E-state index in [1.165, 1.54) is 16.8 Å². The van der Waals surface area contributed by atoms with E-state index in [0.29, 0.717) is 5.92 Å². The highest BCUT2D eigenvalue weighted by Gasteiger charge is 2.15. The maximum atomic E-state index is 2.36. The first-order valence-corrected chi connectivity index (χ1v) is 6.18. The Morgan fingerprint density at radius 2 is 2.06 bits per heavy atom. The molecule has 1 aliphatic heterocycles. The summed E-state index contributed by atoms with van der Waals surface area (Å²) in [5.74, 6) is 0.635. The molecule has 0 amide bonds. The molecule has 1 aromatic rings. The summed E-state index contributed by atoms with van der Waals surface area (Å²) in [5, 5.41) is 0. The Labute approximate surface area is 103 Å². The van der Waals surface area contributed by atoms with E-state index < -0.39 is 0 Å². The topological polar surface area (TPSA) is 3.24 Å². The number of para-hydroxylation sites is 1. The molecule has 1 heteroatoms. The smallest absolute Gasteiger partial charge is 0.0437 e. The lowest BCUT2D eigenvalue weighted by molar-refractivity contribution is 0.633. The van der Waals surface area contributed by atoms with Gasteiger partial charge in [-0.3, -0.25) is 0 Å². The predicted molar refractivity (Wildman–Crippen MR) is 74.1 cm³/mol. The molecule has 1 heterocycles. The van der Waals surface area contributed by atoms with Gasteiger partial charge in [-0.1, -0.05) is 48.6 Å². The van der Waals surface area contributed by atoms with Crippen molar-refractivity contribution >= 4 is 11.8 Å². The maximum absolute atomic E-state index is 2.36. The van der Waals surface area contributed by atoms with Crippen molar-refractivity contribution in [1.82, 2.24) is 0 Å². The van der Waals surface area contributed by atoms with Gasteiger partial charge >= 0.3 is 0 Å². The first kappa shape index (κ1) is 10.4. The predicted octanol–water partition coefficient (Wildman–Crippen LogP) is 3.65. The van der Waals surface area contributed by atoms with Crippen molar-refractivity contribution in [2.45, 2.75) is 6.42 Å². The molecule has 2 aliphatic rings. The second-order valence-electron chi connectivity index (χ2n) is 4.86. The standard InChI is InChI=1S/C16H17N/c1-17-12-14-6-4-5-13(11-14)9-10-15-7-2-3-8-16(15)17/h2-10,14H,11-12H2,1H3/b10-9-. The number of allylic oxidation sites excluding steroid dienone is 4. The first-order chi connectivity index (χ1) is 8.33. The number of hydrogen-bond acceptors (Lipinski definition) is 1. The fraction of sp³-hybridized carbons (Fsp3) is 0.250. The van der Waals surface area contributed by atoms with Crippen LogP contribution in [0.15, 0.2) is 54.1 Å². The number of benzene rings is 1. The Bertz CT molecular complexity index is 508. The van der Waals surface area contributed by atoms with Crippen molar-refractivity contribution in [2.24, 2.45) is 5.92 Å². The molecule has 0 saturated carbocycles. The molecule has 17 heavy (non-hydrogen) atoms. The zero-order valence-electron chi connectivity index (χ0n) is 10.1. The molecule has 0 N–H and O–H groups in total. The van der Waals surface area contributed by atoms with Gasteiger partial charge in [0, 0.05) is 19.3 Å². The summed E-state index contributed by atoms with van der Waals surface area (Å²) in [4.78, 5) is 2.36. The average molecular weight is 223 g/mol. The number of hydrogen-bond donors (Lipinski definition) is 0. The van der Waals surface area contributed by atoms with Crippen LogP contribution in [0.5, 0.6) is 0 Å². The maximum Gasteiger partial charge on any atom is 0.0437 e. The summed E-state index contributed by atoms with van der Waals surface area (Å²) in [6, 6.07) is 8.61. The SMILES string of the molecule is CN1CC2C=CC=C(/C=C\c3ccccc31)C2. The van der Waals surface area contributed by atoms with Crippen LogP contribution in [0.2, 0.25) is 0 Å². The molecular formula is C16H17N. The van der Waals surface area contributed by atoms with Crippen LogP contribution < -0.4 is 4.90 Å². The summed E-state index contributed by atoms with van der Waals surface area (Å²) in [5.41, 5.74) is 4.07. The quantitative estimate of drug-likeness (QED) is 0.649. The number of nitrogens with zero attached hydrogens (tertiary/aromatic N) is 1. The van der Waals surface area contributed by atoms with Gasteiger partial charge in [0.2, 0.25) is 0 Å². The molecule has 86 valence electrons. The minimum Gasteiger partial charge on any atom is -0.374 e. The lowest BCUT2D eigenvalue weighted by Gasteiger charge is -2.25. The van der Waals surface area contributed by atoms with Gasteiger partial charge in [-0.25, -0.2) is 0 Å². The third kappa shape index (κ3) is 2.05. The largest absolute Gasteiger partial charge is 0.374 e. The molecule has 2 bridgehead atoms. The third-order valence-electron chi connectivity index (χ3n) is 3.52. The molecular weight excluding hydrogens is 206 g/mol. The zero-order chi connectivity index (χ0) is 11.7. The molecule has 3 rings (SSSR count).